The SMILES string of the molecule is C/C(=N\Nc1nc2ccccc2[nH]1)c1c(-c2ccc(F)c(Cl)c2)[nH]c2ccccc12. The van der Waals surface area contributed by atoms with Crippen molar-refractivity contribution in [3.05, 3.63) is 83.1 Å². The fourth-order valence-corrected chi connectivity index (χ4v) is 3.76. The molecule has 30 heavy (non-hydrogen) atoms. The van der Waals surface area contributed by atoms with Crippen LogP contribution in [0.5, 0.6) is 0 Å². The van der Waals surface area contributed by atoms with Crippen molar-refractivity contribution in [1.29, 1.82) is 0 Å². The van der Waals surface area contributed by atoms with Crippen molar-refractivity contribution in [3.63, 3.8) is 0 Å². The van der Waals surface area contributed by atoms with E-state index in [1.54, 1.807) is 12.1 Å². The number of halogens is 2. The predicted octanol–water partition coefficient (Wildman–Crippen LogP) is 6.34. The van der Waals surface area contributed by atoms with Gasteiger partial charge in [-0.1, -0.05) is 41.9 Å². The second kappa shape index (κ2) is 7.31. The Morgan fingerprint density at radius 1 is 1.00 bits per heavy atom. The van der Waals surface area contributed by atoms with E-state index in [2.05, 4.69) is 25.5 Å². The summed E-state index contributed by atoms with van der Waals surface area (Å²) in [6.07, 6.45) is 0. The van der Waals surface area contributed by atoms with Crippen LogP contribution in [0.2, 0.25) is 5.02 Å². The third-order valence-electron chi connectivity index (χ3n) is 5.00. The van der Waals surface area contributed by atoms with Crippen molar-refractivity contribution in [3.8, 4) is 11.3 Å². The zero-order chi connectivity index (χ0) is 20.7. The Morgan fingerprint density at radius 3 is 2.57 bits per heavy atom. The van der Waals surface area contributed by atoms with E-state index in [0.717, 1.165) is 44.5 Å². The van der Waals surface area contributed by atoms with E-state index in [0.29, 0.717) is 5.95 Å². The van der Waals surface area contributed by atoms with Gasteiger partial charge in [0.25, 0.3) is 0 Å². The van der Waals surface area contributed by atoms with Crippen molar-refractivity contribution < 1.29 is 4.39 Å². The summed E-state index contributed by atoms with van der Waals surface area (Å²) in [7, 11) is 0. The lowest BCUT2D eigenvalue weighted by atomic mass is 10.0. The molecule has 0 aliphatic carbocycles. The van der Waals surface area contributed by atoms with E-state index < -0.39 is 5.82 Å². The van der Waals surface area contributed by atoms with Crippen molar-refractivity contribution in [2.24, 2.45) is 5.10 Å². The molecule has 0 unspecified atom stereocenters. The van der Waals surface area contributed by atoms with Gasteiger partial charge in [-0.2, -0.15) is 5.10 Å². The van der Waals surface area contributed by atoms with Gasteiger partial charge in [0.05, 0.1) is 27.5 Å². The summed E-state index contributed by atoms with van der Waals surface area (Å²) in [4.78, 5) is 11.1. The zero-order valence-corrected chi connectivity index (χ0v) is 16.8. The number of hydrazone groups is 1. The lowest BCUT2D eigenvalue weighted by molar-refractivity contribution is 0.628. The molecule has 3 aromatic carbocycles. The number of anilines is 1. The first-order valence-corrected chi connectivity index (χ1v) is 9.79. The fraction of sp³-hybridized carbons (Fsp3) is 0.0435. The van der Waals surface area contributed by atoms with E-state index in [9.17, 15) is 4.39 Å². The zero-order valence-electron chi connectivity index (χ0n) is 16.0. The number of aromatic amines is 2. The summed E-state index contributed by atoms with van der Waals surface area (Å²) in [5, 5.41) is 5.64. The summed E-state index contributed by atoms with van der Waals surface area (Å²) in [5.74, 6) is 0.108. The summed E-state index contributed by atoms with van der Waals surface area (Å²) >= 11 is 6.03. The van der Waals surface area contributed by atoms with Crippen LogP contribution in [-0.4, -0.2) is 20.7 Å². The van der Waals surface area contributed by atoms with Crippen LogP contribution in [0.25, 0.3) is 33.2 Å². The molecule has 0 spiro atoms. The molecule has 5 nitrogen and oxygen atoms in total. The van der Waals surface area contributed by atoms with Gasteiger partial charge in [-0.3, -0.25) is 0 Å². The average molecular weight is 418 g/mol. The van der Waals surface area contributed by atoms with Crippen LogP contribution in [0.15, 0.2) is 71.8 Å². The minimum Gasteiger partial charge on any atom is -0.354 e. The van der Waals surface area contributed by atoms with Gasteiger partial charge in [-0.25, -0.2) is 14.8 Å². The molecule has 148 valence electrons. The number of imidazole rings is 1. The monoisotopic (exact) mass is 417 g/mol. The number of hydrogen-bond acceptors (Lipinski definition) is 3. The van der Waals surface area contributed by atoms with Gasteiger partial charge in [0.15, 0.2) is 0 Å². The van der Waals surface area contributed by atoms with Crippen LogP contribution in [0.4, 0.5) is 10.3 Å². The third kappa shape index (κ3) is 3.21. The van der Waals surface area contributed by atoms with E-state index >= 15 is 0 Å². The third-order valence-corrected chi connectivity index (χ3v) is 5.28. The molecule has 0 atom stereocenters. The van der Waals surface area contributed by atoms with E-state index in [-0.39, 0.29) is 5.02 Å². The maximum atomic E-state index is 13.7. The number of rotatable bonds is 4. The van der Waals surface area contributed by atoms with Gasteiger partial charge in [-0.05, 0) is 43.3 Å². The molecule has 0 radical (unpaired) electrons. The second-order valence-corrected chi connectivity index (χ2v) is 7.37. The number of fused-ring (bicyclic) bond motifs is 2. The van der Waals surface area contributed by atoms with Gasteiger partial charge >= 0.3 is 0 Å². The van der Waals surface area contributed by atoms with Gasteiger partial charge in [0.1, 0.15) is 5.82 Å². The molecular weight excluding hydrogens is 401 g/mol. The summed E-state index contributed by atoms with van der Waals surface area (Å²) in [5.41, 5.74) is 9.04. The highest BCUT2D eigenvalue weighted by atomic mass is 35.5. The van der Waals surface area contributed by atoms with E-state index in [1.165, 1.54) is 6.07 Å². The molecule has 0 aliphatic rings. The first-order valence-electron chi connectivity index (χ1n) is 9.42. The first-order chi connectivity index (χ1) is 14.6. The minimum atomic E-state index is -0.449. The van der Waals surface area contributed by atoms with Crippen LogP contribution in [-0.2, 0) is 0 Å². The Hall–Kier alpha value is -3.64. The topological polar surface area (TPSA) is 68.9 Å². The predicted molar refractivity (Wildman–Crippen MR) is 121 cm³/mol. The Balaban J connectivity index is 1.59. The highest BCUT2D eigenvalue weighted by Gasteiger charge is 2.17. The molecule has 0 aliphatic heterocycles. The van der Waals surface area contributed by atoms with Crippen LogP contribution >= 0.6 is 11.6 Å². The van der Waals surface area contributed by atoms with Gasteiger partial charge < -0.3 is 9.97 Å². The molecule has 0 saturated heterocycles. The molecule has 0 saturated carbocycles. The smallest absolute Gasteiger partial charge is 0.222 e. The maximum absolute atomic E-state index is 13.7. The molecule has 3 N–H and O–H groups in total. The fourth-order valence-electron chi connectivity index (χ4n) is 3.58. The highest BCUT2D eigenvalue weighted by molar-refractivity contribution is 6.31. The molecule has 2 heterocycles. The summed E-state index contributed by atoms with van der Waals surface area (Å²) < 4.78 is 13.7. The molecule has 0 bridgehead atoms. The number of nitrogens with zero attached hydrogens (tertiary/aromatic N) is 2. The Labute approximate surface area is 176 Å². The number of para-hydroxylation sites is 3. The number of nitrogens with one attached hydrogen (secondary N) is 3. The Kier molecular flexibility index (Phi) is 4.48. The first kappa shape index (κ1) is 18.4. The van der Waals surface area contributed by atoms with Crippen molar-refractivity contribution in [2.45, 2.75) is 6.92 Å². The molecular formula is C23H17ClFN5. The standard InChI is InChI=1S/C23H17ClFN5/c1-13(29-30-23-27-19-8-4-5-9-20(19)28-23)21-15-6-2-3-7-18(15)26-22(21)14-10-11-17(25)16(24)12-14/h2-12,26H,1H3,(H2,27,28,30)/b29-13+. The van der Waals surface area contributed by atoms with Gasteiger partial charge in [0, 0.05) is 22.0 Å². The second-order valence-electron chi connectivity index (χ2n) is 6.96. The largest absolute Gasteiger partial charge is 0.354 e. The summed E-state index contributed by atoms with van der Waals surface area (Å²) in [6, 6.07) is 20.4. The molecule has 2 aromatic heterocycles. The minimum absolute atomic E-state index is 0.0760. The average Bonchev–Trinajstić information content (AvgIpc) is 3.35. The molecule has 7 heteroatoms. The highest BCUT2D eigenvalue weighted by Crippen LogP contribution is 2.33. The van der Waals surface area contributed by atoms with Crippen LogP contribution in [0, 0.1) is 5.82 Å². The van der Waals surface area contributed by atoms with Gasteiger partial charge in [-0.15, -0.1) is 0 Å². The van der Waals surface area contributed by atoms with E-state index in [4.69, 9.17) is 11.6 Å². The number of H-pyrrole nitrogens is 2. The molecule has 5 aromatic rings. The number of aromatic nitrogens is 3. The lowest BCUT2D eigenvalue weighted by Gasteiger charge is -2.06. The molecule has 0 amide bonds. The van der Waals surface area contributed by atoms with Crippen molar-refractivity contribution >= 4 is 45.2 Å². The Morgan fingerprint density at radius 2 is 1.77 bits per heavy atom. The van der Waals surface area contributed by atoms with Crippen LogP contribution in [0.1, 0.15) is 12.5 Å². The van der Waals surface area contributed by atoms with Crippen LogP contribution in [0.3, 0.4) is 0 Å². The molecule has 5 rings (SSSR count). The summed E-state index contributed by atoms with van der Waals surface area (Å²) in [6.45, 7) is 1.92. The van der Waals surface area contributed by atoms with Crippen molar-refractivity contribution in [2.75, 3.05) is 5.43 Å². The maximum Gasteiger partial charge on any atom is 0.222 e. The lowest BCUT2D eigenvalue weighted by Crippen LogP contribution is -2.02. The Bertz CT molecular complexity index is 1380. The van der Waals surface area contributed by atoms with Gasteiger partial charge in [0.2, 0.25) is 5.95 Å². The normalized spacial score (nSPS) is 12.0. The van der Waals surface area contributed by atoms with Crippen LogP contribution < -0.4 is 5.43 Å². The number of benzene rings is 3. The van der Waals surface area contributed by atoms with E-state index in [1.807, 2.05) is 55.5 Å². The molecule has 0 fully saturated rings. The number of hydrogen-bond donors (Lipinski definition) is 3. The quantitative estimate of drug-likeness (QED) is 0.236. The van der Waals surface area contributed by atoms with Crippen molar-refractivity contribution in [1.82, 2.24) is 15.0 Å².